The Balaban J connectivity index is 1.64. The molecule has 6 heteroatoms. The molecule has 1 aliphatic carbocycles. The second-order valence-corrected chi connectivity index (χ2v) is 9.72. The molecule has 0 aromatic heterocycles. The highest BCUT2D eigenvalue weighted by atomic mass is 16.6. The lowest BCUT2D eigenvalue weighted by molar-refractivity contribution is 0.0425. The zero-order chi connectivity index (χ0) is 25.6. The van der Waals surface area contributed by atoms with Gasteiger partial charge in [0.25, 0.3) is 0 Å². The fourth-order valence-electron chi connectivity index (χ4n) is 5.98. The van der Waals surface area contributed by atoms with Crippen LogP contribution in [0, 0.1) is 13.8 Å². The number of carbonyl (C=O) groups excluding carboxylic acids is 4. The van der Waals surface area contributed by atoms with Gasteiger partial charge in [-0.1, -0.05) is 59.7 Å². The van der Waals surface area contributed by atoms with E-state index < -0.39 is 29.3 Å². The normalized spacial score (nSPS) is 16.2. The number of hydrogen-bond donors (Lipinski definition) is 0. The van der Waals surface area contributed by atoms with Gasteiger partial charge in [-0.3, -0.25) is 0 Å². The number of cyclic esters (lactones) is 4. The van der Waals surface area contributed by atoms with Crippen LogP contribution in [0.4, 0.5) is 0 Å². The Bertz CT molecular complexity index is 1650. The van der Waals surface area contributed by atoms with Gasteiger partial charge in [0.1, 0.15) is 0 Å². The van der Waals surface area contributed by atoms with Gasteiger partial charge < -0.3 is 9.47 Å². The minimum absolute atomic E-state index is 0.202. The van der Waals surface area contributed by atoms with Gasteiger partial charge in [0.15, 0.2) is 0 Å². The number of hydrogen-bond acceptors (Lipinski definition) is 6. The summed E-state index contributed by atoms with van der Waals surface area (Å²) in [5.74, 6) is -2.71. The van der Waals surface area contributed by atoms with E-state index in [0.717, 1.165) is 44.5 Å². The van der Waals surface area contributed by atoms with Gasteiger partial charge in [-0.05, 0) is 71.5 Å². The maximum Gasteiger partial charge on any atom is 0.346 e. The minimum atomic E-state index is -0.940. The van der Waals surface area contributed by atoms with Gasteiger partial charge in [0.2, 0.25) is 0 Å². The van der Waals surface area contributed by atoms with Gasteiger partial charge in [-0.15, -0.1) is 0 Å². The highest BCUT2D eigenvalue weighted by Gasteiger charge is 2.48. The number of esters is 4. The molecular formula is C31H18O6. The predicted molar refractivity (Wildman–Crippen MR) is 133 cm³/mol. The zero-order valence-electron chi connectivity index (χ0n) is 19.9. The fourth-order valence-corrected chi connectivity index (χ4v) is 5.98. The number of carbonyl (C=O) groups is 4. The quantitative estimate of drug-likeness (QED) is 0.249. The number of aryl methyl sites for hydroxylation is 2. The molecular weight excluding hydrogens is 468 g/mol. The molecule has 0 saturated carbocycles. The SMILES string of the molecule is Cc1ccc2c(c1)C(c1ccc3c(c1)C(=O)OC3=O)(c1ccc3c(c1)C(=O)OC3=O)c1cc(C)ccc1-2. The summed E-state index contributed by atoms with van der Waals surface area (Å²) in [6, 6.07) is 22.8. The molecule has 4 aromatic carbocycles. The van der Waals surface area contributed by atoms with Crippen LogP contribution in [0.5, 0.6) is 0 Å². The van der Waals surface area contributed by atoms with Crippen LogP contribution in [0.15, 0.2) is 72.8 Å². The first-order valence-electron chi connectivity index (χ1n) is 11.8. The highest BCUT2D eigenvalue weighted by molar-refractivity contribution is 6.15. The lowest BCUT2D eigenvalue weighted by Crippen LogP contribution is -2.29. The maximum atomic E-state index is 12.6. The van der Waals surface area contributed by atoms with Crippen molar-refractivity contribution in [2.45, 2.75) is 19.3 Å². The van der Waals surface area contributed by atoms with Crippen molar-refractivity contribution in [1.82, 2.24) is 0 Å². The molecule has 0 unspecified atom stereocenters. The van der Waals surface area contributed by atoms with E-state index in [1.54, 1.807) is 24.3 Å². The van der Waals surface area contributed by atoms with Crippen LogP contribution in [0.1, 0.15) is 74.8 Å². The number of rotatable bonds is 2. The van der Waals surface area contributed by atoms with E-state index in [4.69, 9.17) is 9.47 Å². The molecule has 3 aliphatic rings. The Morgan fingerprint density at radius 2 is 0.838 bits per heavy atom. The van der Waals surface area contributed by atoms with E-state index in [2.05, 4.69) is 36.4 Å². The first-order chi connectivity index (χ1) is 17.8. The van der Waals surface area contributed by atoms with Crippen LogP contribution >= 0.6 is 0 Å². The average molecular weight is 486 g/mol. The van der Waals surface area contributed by atoms with Crippen molar-refractivity contribution in [1.29, 1.82) is 0 Å². The van der Waals surface area contributed by atoms with Crippen molar-refractivity contribution >= 4 is 23.9 Å². The van der Waals surface area contributed by atoms with Crippen molar-refractivity contribution in [2.75, 3.05) is 0 Å². The zero-order valence-corrected chi connectivity index (χ0v) is 19.9. The number of fused-ring (bicyclic) bond motifs is 5. The Morgan fingerprint density at radius 1 is 0.459 bits per heavy atom. The first kappa shape index (κ1) is 21.4. The van der Waals surface area contributed by atoms with Crippen molar-refractivity contribution in [3.63, 3.8) is 0 Å². The van der Waals surface area contributed by atoms with Crippen LogP contribution in [0.25, 0.3) is 11.1 Å². The summed E-state index contributed by atoms with van der Waals surface area (Å²) in [5, 5.41) is 0. The van der Waals surface area contributed by atoms with Crippen LogP contribution < -0.4 is 0 Å². The van der Waals surface area contributed by atoms with E-state index >= 15 is 0 Å². The van der Waals surface area contributed by atoms with Crippen molar-refractivity contribution in [3.8, 4) is 11.1 Å². The molecule has 2 heterocycles. The van der Waals surface area contributed by atoms with Crippen molar-refractivity contribution in [3.05, 3.63) is 128 Å². The highest BCUT2D eigenvalue weighted by Crippen LogP contribution is 2.57. The van der Waals surface area contributed by atoms with Crippen LogP contribution in [-0.2, 0) is 14.9 Å². The maximum absolute atomic E-state index is 12.6. The summed E-state index contributed by atoms with van der Waals surface area (Å²) >= 11 is 0. The van der Waals surface area contributed by atoms with E-state index in [-0.39, 0.29) is 22.3 Å². The molecule has 178 valence electrons. The average Bonchev–Trinajstić information content (AvgIpc) is 3.44. The largest absolute Gasteiger partial charge is 0.386 e. The minimum Gasteiger partial charge on any atom is -0.386 e. The molecule has 0 amide bonds. The summed E-state index contributed by atoms with van der Waals surface area (Å²) in [6.45, 7) is 4.02. The van der Waals surface area contributed by atoms with E-state index in [0.29, 0.717) is 0 Å². The summed E-state index contributed by atoms with van der Waals surface area (Å²) in [7, 11) is 0. The Labute approximate surface area is 211 Å². The molecule has 0 bridgehead atoms. The smallest absolute Gasteiger partial charge is 0.346 e. The molecule has 0 spiro atoms. The number of benzene rings is 4. The standard InChI is InChI=1S/C31H18O6/c1-15-3-7-19-20-8-4-16(2)12-26(20)31(25(19)11-15,17-5-9-21-23(13-17)29(34)36-27(21)32)18-6-10-22-24(14-18)30(35)37-28(22)33/h3-14H,1-2H3. The predicted octanol–water partition coefficient (Wildman–Crippen LogP) is 5.29. The van der Waals surface area contributed by atoms with Crippen LogP contribution in [0.3, 0.4) is 0 Å². The lowest BCUT2D eigenvalue weighted by Gasteiger charge is -2.34. The van der Waals surface area contributed by atoms with E-state index in [1.165, 1.54) is 0 Å². The second kappa shape index (κ2) is 7.11. The van der Waals surface area contributed by atoms with Crippen molar-refractivity contribution in [2.24, 2.45) is 0 Å². The summed E-state index contributed by atoms with van der Waals surface area (Å²) in [6.07, 6.45) is 0. The van der Waals surface area contributed by atoms with Gasteiger partial charge in [0.05, 0.1) is 27.7 Å². The summed E-state index contributed by atoms with van der Waals surface area (Å²) in [5.41, 5.74) is 7.48. The number of ether oxygens (including phenoxy) is 2. The molecule has 0 radical (unpaired) electrons. The molecule has 7 rings (SSSR count). The molecule has 0 atom stereocenters. The van der Waals surface area contributed by atoms with Gasteiger partial charge in [0, 0.05) is 0 Å². The third kappa shape index (κ3) is 2.69. The third-order valence-electron chi connectivity index (χ3n) is 7.60. The lowest BCUT2D eigenvalue weighted by atomic mass is 9.66. The molecule has 0 saturated heterocycles. The summed E-state index contributed by atoms with van der Waals surface area (Å²) in [4.78, 5) is 49.6. The first-order valence-corrected chi connectivity index (χ1v) is 11.8. The van der Waals surface area contributed by atoms with Crippen LogP contribution in [-0.4, -0.2) is 23.9 Å². The monoisotopic (exact) mass is 486 g/mol. The van der Waals surface area contributed by atoms with Gasteiger partial charge in [-0.2, -0.15) is 0 Å². The van der Waals surface area contributed by atoms with Crippen LogP contribution in [0.2, 0.25) is 0 Å². The Kier molecular flexibility index (Phi) is 4.12. The second-order valence-electron chi connectivity index (χ2n) is 9.72. The molecule has 37 heavy (non-hydrogen) atoms. The molecule has 6 nitrogen and oxygen atoms in total. The van der Waals surface area contributed by atoms with Crippen molar-refractivity contribution < 1.29 is 28.7 Å². The summed E-state index contributed by atoms with van der Waals surface area (Å²) < 4.78 is 9.75. The van der Waals surface area contributed by atoms with E-state index in [1.807, 2.05) is 26.0 Å². The molecule has 2 aliphatic heterocycles. The third-order valence-corrected chi connectivity index (χ3v) is 7.60. The van der Waals surface area contributed by atoms with Gasteiger partial charge in [-0.25, -0.2) is 19.2 Å². The molecule has 0 fully saturated rings. The molecule has 0 N–H and O–H groups in total. The topological polar surface area (TPSA) is 86.7 Å². The van der Waals surface area contributed by atoms with E-state index in [9.17, 15) is 19.2 Å². The fraction of sp³-hybridized carbons (Fsp3) is 0.0968. The van der Waals surface area contributed by atoms with Gasteiger partial charge >= 0.3 is 23.9 Å². The Morgan fingerprint density at radius 3 is 1.27 bits per heavy atom. The molecule has 4 aromatic rings. The Hall–Kier alpha value is -4.84.